The average molecular weight is 554 g/mol. The molecule has 8 rings (SSSR count). The maximum Gasteiger partial charge on any atom is 0.160 e. The van der Waals surface area contributed by atoms with E-state index in [9.17, 15) is 0 Å². The number of amidine groups is 2. The smallest absolute Gasteiger partial charge is 0.160 e. The van der Waals surface area contributed by atoms with Gasteiger partial charge in [-0.3, -0.25) is 0 Å². The van der Waals surface area contributed by atoms with E-state index < -0.39 is 0 Å². The molecule has 1 aliphatic heterocycles. The largest absolute Gasteiger partial charge is 0.344 e. The number of benzene rings is 6. The maximum absolute atomic E-state index is 5.25. The zero-order chi connectivity index (χ0) is 29.0. The predicted molar refractivity (Wildman–Crippen MR) is 179 cm³/mol. The van der Waals surface area contributed by atoms with Gasteiger partial charge >= 0.3 is 0 Å². The van der Waals surface area contributed by atoms with Crippen molar-refractivity contribution in [1.82, 2.24) is 5.32 Å². The third kappa shape index (κ3) is 4.20. The first-order valence-corrected chi connectivity index (χ1v) is 14.9. The molecule has 1 unspecified atom stereocenters. The van der Waals surface area contributed by atoms with Gasteiger partial charge < -0.3 is 5.32 Å². The lowest BCUT2D eigenvalue weighted by Crippen LogP contribution is -2.33. The summed E-state index contributed by atoms with van der Waals surface area (Å²) in [4.78, 5) is 10.5. The molecule has 0 aromatic heterocycles. The van der Waals surface area contributed by atoms with Crippen molar-refractivity contribution in [2.75, 3.05) is 0 Å². The van der Waals surface area contributed by atoms with Gasteiger partial charge in [0.15, 0.2) is 5.84 Å². The fourth-order valence-corrected chi connectivity index (χ4v) is 6.71. The zero-order valence-electron chi connectivity index (χ0n) is 24.3. The van der Waals surface area contributed by atoms with Crippen molar-refractivity contribution in [3.8, 4) is 22.3 Å². The molecule has 0 saturated carbocycles. The highest BCUT2D eigenvalue weighted by atomic mass is 15.2. The highest BCUT2D eigenvalue weighted by Gasteiger charge is 2.37. The van der Waals surface area contributed by atoms with E-state index in [1.807, 2.05) is 12.1 Å². The summed E-state index contributed by atoms with van der Waals surface area (Å²) in [5.74, 6) is 1.58. The lowest BCUT2D eigenvalue weighted by molar-refractivity contribution is 0.660. The topological polar surface area (TPSA) is 36.8 Å². The van der Waals surface area contributed by atoms with Crippen LogP contribution in [0.4, 0.5) is 0 Å². The molecule has 1 heterocycles. The molecule has 0 saturated heterocycles. The Morgan fingerprint density at radius 1 is 0.558 bits per heavy atom. The van der Waals surface area contributed by atoms with E-state index in [1.165, 1.54) is 44.2 Å². The van der Waals surface area contributed by atoms with Gasteiger partial charge in [0.25, 0.3) is 0 Å². The molecule has 1 aliphatic carbocycles. The van der Waals surface area contributed by atoms with E-state index in [0.717, 1.165) is 28.4 Å². The first kappa shape index (κ1) is 25.4. The van der Waals surface area contributed by atoms with Crippen molar-refractivity contribution in [3.05, 3.63) is 167 Å². The number of nitrogens with zero attached hydrogens (tertiary/aromatic N) is 2. The summed E-state index contributed by atoms with van der Waals surface area (Å²) in [6, 6.07) is 49.4. The molecule has 43 heavy (non-hydrogen) atoms. The van der Waals surface area contributed by atoms with Crippen LogP contribution in [0.25, 0.3) is 33.0 Å². The summed E-state index contributed by atoms with van der Waals surface area (Å²) in [6.45, 7) is 4.66. The molecule has 3 heteroatoms. The number of nitrogens with one attached hydrogen (secondary N) is 1. The molecule has 6 aromatic rings. The lowest BCUT2D eigenvalue weighted by Gasteiger charge is -2.26. The summed E-state index contributed by atoms with van der Waals surface area (Å²) in [7, 11) is 0. The van der Waals surface area contributed by atoms with E-state index in [-0.39, 0.29) is 11.6 Å². The second kappa shape index (κ2) is 9.92. The zero-order valence-corrected chi connectivity index (χ0v) is 24.3. The van der Waals surface area contributed by atoms with Crippen LogP contribution >= 0.6 is 0 Å². The van der Waals surface area contributed by atoms with Gasteiger partial charge in [0.2, 0.25) is 0 Å². The van der Waals surface area contributed by atoms with Crippen molar-refractivity contribution in [2.45, 2.75) is 25.4 Å². The highest BCUT2D eigenvalue weighted by molar-refractivity contribution is 6.20. The molecule has 0 fully saturated rings. The van der Waals surface area contributed by atoms with E-state index in [2.05, 4.69) is 147 Å². The second-order valence-corrected chi connectivity index (χ2v) is 11.9. The molecule has 1 N–H and O–H groups in total. The van der Waals surface area contributed by atoms with Gasteiger partial charge in [-0.05, 0) is 55.8 Å². The van der Waals surface area contributed by atoms with Gasteiger partial charge in [-0.15, -0.1) is 0 Å². The van der Waals surface area contributed by atoms with Crippen LogP contribution in [0.15, 0.2) is 150 Å². The highest BCUT2D eigenvalue weighted by Crippen LogP contribution is 2.52. The number of rotatable bonds is 4. The van der Waals surface area contributed by atoms with Crippen LogP contribution in [0.3, 0.4) is 0 Å². The molecule has 3 nitrogen and oxygen atoms in total. The summed E-state index contributed by atoms with van der Waals surface area (Å²) in [5.41, 5.74) is 10.8. The van der Waals surface area contributed by atoms with Crippen molar-refractivity contribution < 1.29 is 0 Å². The molecule has 1 atom stereocenters. The van der Waals surface area contributed by atoms with Crippen LogP contribution in [-0.4, -0.2) is 11.7 Å². The number of aliphatic imine (C=N–C) groups is 2. The average Bonchev–Trinajstić information content (AvgIpc) is 3.31. The van der Waals surface area contributed by atoms with Crippen molar-refractivity contribution >= 4 is 22.4 Å². The minimum atomic E-state index is -0.255. The Labute approximate surface area is 252 Å². The Morgan fingerprint density at radius 2 is 1.16 bits per heavy atom. The second-order valence-electron chi connectivity index (χ2n) is 11.9. The van der Waals surface area contributed by atoms with Gasteiger partial charge in [0.1, 0.15) is 12.0 Å². The first-order chi connectivity index (χ1) is 21.1. The van der Waals surface area contributed by atoms with Crippen LogP contribution in [0.5, 0.6) is 0 Å². The van der Waals surface area contributed by atoms with Crippen molar-refractivity contribution in [3.63, 3.8) is 0 Å². The summed E-state index contributed by atoms with van der Waals surface area (Å²) in [5, 5.41) is 6.05. The summed E-state index contributed by atoms with van der Waals surface area (Å²) in [6.07, 6.45) is -0.255. The standard InChI is InChI=1S/C40H31N3/c1-40(2)34-20-12-11-19-32(34)36-31-18-10-9-17-30(31)33(25-35(36)40)39-42-37(28-15-7-4-8-16-28)41-38(43-39)29-23-21-27(22-24-29)26-13-5-3-6-14-26/h3-25,37H,1-2H3,(H,41,42,43). The van der Waals surface area contributed by atoms with Gasteiger partial charge in [-0.25, -0.2) is 9.98 Å². The van der Waals surface area contributed by atoms with Crippen molar-refractivity contribution in [1.29, 1.82) is 0 Å². The third-order valence-corrected chi connectivity index (χ3v) is 8.95. The predicted octanol–water partition coefficient (Wildman–Crippen LogP) is 9.31. The molecule has 0 bridgehead atoms. The summed E-state index contributed by atoms with van der Waals surface area (Å²) < 4.78 is 0. The normalized spacial score (nSPS) is 16.6. The fraction of sp³-hybridized carbons (Fsp3) is 0.100. The molecule has 206 valence electrons. The van der Waals surface area contributed by atoms with E-state index in [0.29, 0.717) is 0 Å². The van der Waals surface area contributed by atoms with E-state index >= 15 is 0 Å². The molecule has 0 radical (unpaired) electrons. The quantitative estimate of drug-likeness (QED) is 0.232. The van der Waals surface area contributed by atoms with Gasteiger partial charge in [0, 0.05) is 16.5 Å². The first-order valence-electron chi connectivity index (χ1n) is 14.9. The minimum absolute atomic E-state index is 0.128. The Hall–Kier alpha value is -5.28. The molecule has 0 spiro atoms. The molecule has 6 aromatic carbocycles. The fourth-order valence-electron chi connectivity index (χ4n) is 6.71. The minimum Gasteiger partial charge on any atom is -0.344 e. The van der Waals surface area contributed by atoms with Gasteiger partial charge in [0.05, 0.1) is 0 Å². The number of hydrogen-bond donors (Lipinski definition) is 1. The van der Waals surface area contributed by atoms with Crippen molar-refractivity contribution in [2.24, 2.45) is 9.98 Å². The number of hydrogen-bond acceptors (Lipinski definition) is 3. The number of fused-ring (bicyclic) bond motifs is 5. The maximum atomic E-state index is 5.25. The Kier molecular flexibility index (Phi) is 5.87. The SMILES string of the molecule is CC1(C)c2ccccc2-c2c1cc(C1=NC(c3ccccc3)NC(c3ccc(-c4ccccc4)cc3)=N1)c1ccccc21. The van der Waals surface area contributed by atoms with Gasteiger partial charge in [-0.1, -0.05) is 147 Å². The van der Waals surface area contributed by atoms with Gasteiger partial charge in [-0.2, -0.15) is 0 Å². The Balaban J connectivity index is 1.31. The summed E-state index contributed by atoms with van der Waals surface area (Å²) >= 11 is 0. The molecule has 0 amide bonds. The van der Waals surface area contributed by atoms with E-state index in [4.69, 9.17) is 9.98 Å². The third-order valence-electron chi connectivity index (χ3n) is 8.95. The van der Waals surface area contributed by atoms with Crippen LogP contribution in [0.1, 0.15) is 47.8 Å². The lowest BCUT2D eigenvalue weighted by atomic mass is 9.81. The molecular formula is C40H31N3. The molecule has 2 aliphatic rings. The Bertz CT molecular complexity index is 2050. The molecular weight excluding hydrogens is 522 g/mol. The van der Waals surface area contributed by atoms with Crippen LogP contribution in [-0.2, 0) is 5.41 Å². The Morgan fingerprint density at radius 3 is 1.93 bits per heavy atom. The van der Waals surface area contributed by atoms with Crippen LogP contribution in [0, 0.1) is 0 Å². The van der Waals surface area contributed by atoms with Crippen LogP contribution < -0.4 is 5.32 Å². The van der Waals surface area contributed by atoms with E-state index in [1.54, 1.807) is 0 Å². The van der Waals surface area contributed by atoms with Crippen LogP contribution in [0.2, 0.25) is 0 Å². The monoisotopic (exact) mass is 553 g/mol.